The lowest BCUT2D eigenvalue weighted by Gasteiger charge is -2.15. The number of hydrogen-bond donors (Lipinski definition) is 1. The first-order valence-corrected chi connectivity index (χ1v) is 5.50. The van der Waals surface area contributed by atoms with Crippen molar-refractivity contribution < 1.29 is 0 Å². The topological polar surface area (TPSA) is 26.0 Å². The zero-order valence-electron chi connectivity index (χ0n) is 9.09. The maximum Gasteiger partial charge on any atom is 0.0107 e. The molecule has 0 radical (unpaired) electrons. The molecule has 2 unspecified atom stereocenters. The lowest BCUT2D eigenvalue weighted by Crippen LogP contribution is -2.22. The van der Waals surface area contributed by atoms with E-state index in [9.17, 15) is 0 Å². The van der Waals surface area contributed by atoms with Gasteiger partial charge in [-0.3, -0.25) is 0 Å². The van der Waals surface area contributed by atoms with Crippen molar-refractivity contribution in [3.63, 3.8) is 0 Å². The summed E-state index contributed by atoms with van der Waals surface area (Å²) in [6.45, 7) is 5.19. The Labute approximate surface area is 86.3 Å². The molecule has 0 aliphatic heterocycles. The first-order valence-electron chi connectivity index (χ1n) is 5.50. The summed E-state index contributed by atoms with van der Waals surface area (Å²) in [6.07, 6.45) is 2.54. The minimum atomic E-state index is 0.322. The second kappa shape index (κ2) is 3.39. The smallest absolute Gasteiger partial charge is 0.0107 e. The molecule has 0 amide bonds. The summed E-state index contributed by atoms with van der Waals surface area (Å²) in [5, 5.41) is 0. The minimum Gasteiger partial charge on any atom is -0.330 e. The van der Waals surface area contributed by atoms with E-state index in [1.54, 1.807) is 0 Å². The summed E-state index contributed by atoms with van der Waals surface area (Å²) in [4.78, 5) is 0. The Balaban J connectivity index is 2.26. The lowest BCUT2D eigenvalue weighted by molar-refractivity contribution is 0.600. The standard InChI is InChI=1S/C13H19N/c1-3-11-8-13(11,9-14)12-6-4-10(2)5-7-12/h4-7,11H,3,8-9,14H2,1-2H3. The van der Waals surface area contributed by atoms with Crippen LogP contribution in [0.25, 0.3) is 0 Å². The van der Waals surface area contributed by atoms with Crippen LogP contribution in [0.15, 0.2) is 24.3 Å². The molecule has 0 aromatic heterocycles. The fraction of sp³-hybridized carbons (Fsp3) is 0.538. The number of hydrogen-bond acceptors (Lipinski definition) is 1. The van der Waals surface area contributed by atoms with Gasteiger partial charge >= 0.3 is 0 Å². The minimum absolute atomic E-state index is 0.322. The summed E-state index contributed by atoms with van der Waals surface area (Å²) >= 11 is 0. The highest BCUT2D eigenvalue weighted by molar-refractivity contribution is 5.35. The van der Waals surface area contributed by atoms with Gasteiger partial charge in [0.25, 0.3) is 0 Å². The van der Waals surface area contributed by atoms with Crippen LogP contribution >= 0.6 is 0 Å². The van der Waals surface area contributed by atoms with Crippen molar-refractivity contribution in [1.29, 1.82) is 0 Å². The van der Waals surface area contributed by atoms with E-state index in [1.807, 2.05) is 0 Å². The van der Waals surface area contributed by atoms with Crippen LogP contribution in [-0.2, 0) is 5.41 Å². The van der Waals surface area contributed by atoms with Gasteiger partial charge in [-0.05, 0) is 24.8 Å². The molecule has 0 saturated heterocycles. The van der Waals surface area contributed by atoms with E-state index in [2.05, 4.69) is 38.1 Å². The van der Waals surface area contributed by atoms with Crippen LogP contribution in [0, 0.1) is 12.8 Å². The second-order valence-corrected chi connectivity index (χ2v) is 4.54. The lowest BCUT2D eigenvalue weighted by atomic mass is 9.92. The third-order valence-corrected chi connectivity index (χ3v) is 3.72. The van der Waals surface area contributed by atoms with E-state index in [-0.39, 0.29) is 0 Å². The van der Waals surface area contributed by atoms with Gasteiger partial charge in [0.15, 0.2) is 0 Å². The average Bonchev–Trinajstić information content (AvgIpc) is 2.94. The summed E-state index contributed by atoms with van der Waals surface area (Å²) in [5.74, 6) is 0.815. The Morgan fingerprint density at radius 1 is 1.36 bits per heavy atom. The van der Waals surface area contributed by atoms with Crippen LogP contribution in [0.5, 0.6) is 0 Å². The van der Waals surface area contributed by atoms with E-state index in [1.165, 1.54) is 24.0 Å². The molecule has 1 fully saturated rings. The number of nitrogens with two attached hydrogens (primary N) is 1. The van der Waals surface area contributed by atoms with Gasteiger partial charge in [-0.2, -0.15) is 0 Å². The fourth-order valence-electron chi connectivity index (χ4n) is 2.52. The highest BCUT2D eigenvalue weighted by Crippen LogP contribution is 2.55. The molecule has 1 nitrogen and oxygen atoms in total. The van der Waals surface area contributed by atoms with E-state index in [0.717, 1.165) is 12.5 Å². The van der Waals surface area contributed by atoms with Crippen LogP contribution in [0.3, 0.4) is 0 Å². The largest absolute Gasteiger partial charge is 0.330 e. The molecule has 76 valence electrons. The molecule has 1 aromatic rings. The predicted octanol–water partition coefficient (Wildman–Crippen LogP) is 2.62. The van der Waals surface area contributed by atoms with Crippen molar-refractivity contribution >= 4 is 0 Å². The Kier molecular flexibility index (Phi) is 2.36. The second-order valence-electron chi connectivity index (χ2n) is 4.54. The molecular weight excluding hydrogens is 170 g/mol. The monoisotopic (exact) mass is 189 g/mol. The van der Waals surface area contributed by atoms with Crippen LogP contribution in [0.1, 0.15) is 30.9 Å². The van der Waals surface area contributed by atoms with Gasteiger partial charge in [-0.1, -0.05) is 43.2 Å². The molecule has 0 heterocycles. The summed E-state index contributed by atoms with van der Waals surface area (Å²) < 4.78 is 0. The van der Waals surface area contributed by atoms with Gasteiger partial charge in [-0.15, -0.1) is 0 Å². The Hall–Kier alpha value is -0.820. The van der Waals surface area contributed by atoms with Crippen LogP contribution in [-0.4, -0.2) is 6.54 Å². The average molecular weight is 189 g/mol. The van der Waals surface area contributed by atoms with E-state index >= 15 is 0 Å². The molecule has 2 N–H and O–H groups in total. The van der Waals surface area contributed by atoms with Gasteiger partial charge in [0.1, 0.15) is 0 Å². The van der Waals surface area contributed by atoms with Gasteiger partial charge in [0.2, 0.25) is 0 Å². The van der Waals surface area contributed by atoms with Crippen molar-refractivity contribution in [1.82, 2.24) is 0 Å². The van der Waals surface area contributed by atoms with Gasteiger partial charge in [-0.25, -0.2) is 0 Å². The molecule has 0 spiro atoms. The van der Waals surface area contributed by atoms with Gasteiger partial charge in [0.05, 0.1) is 0 Å². The Morgan fingerprint density at radius 3 is 2.43 bits per heavy atom. The Morgan fingerprint density at radius 2 is 2.00 bits per heavy atom. The highest BCUT2D eigenvalue weighted by atomic mass is 14.7. The highest BCUT2D eigenvalue weighted by Gasteiger charge is 2.52. The van der Waals surface area contributed by atoms with Crippen molar-refractivity contribution in [2.75, 3.05) is 6.54 Å². The van der Waals surface area contributed by atoms with Crippen molar-refractivity contribution in [3.05, 3.63) is 35.4 Å². The summed E-state index contributed by atoms with van der Waals surface area (Å²) in [5.41, 5.74) is 9.00. The molecule has 1 aliphatic carbocycles. The third-order valence-electron chi connectivity index (χ3n) is 3.72. The molecule has 1 aliphatic rings. The maximum absolute atomic E-state index is 5.90. The van der Waals surface area contributed by atoms with Crippen LogP contribution in [0.4, 0.5) is 0 Å². The zero-order chi connectivity index (χ0) is 10.2. The normalized spacial score (nSPS) is 30.4. The zero-order valence-corrected chi connectivity index (χ0v) is 9.09. The fourth-order valence-corrected chi connectivity index (χ4v) is 2.52. The molecule has 2 atom stereocenters. The number of rotatable bonds is 3. The molecule has 1 heteroatoms. The van der Waals surface area contributed by atoms with E-state index < -0.39 is 0 Å². The molecule has 2 rings (SSSR count). The van der Waals surface area contributed by atoms with Gasteiger partial charge < -0.3 is 5.73 Å². The predicted molar refractivity (Wildman–Crippen MR) is 60.3 cm³/mol. The van der Waals surface area contributed by atoms with Crippen molar-refractivity contribution in [2.45, 2.75) is 32.1 Å². The number of benzene rings is 1. The maximum atomic E-state index is 5.90. The molecule has 1 aromatic carbocycles. The van der Waals surface area contributed by atoms with Crippen LogP contribution < -0.4 is 5.73 Å². The van der Waals surface area contributed by atoms with Crippen LogP contribution in [0.2, 0.25) is 0 Å². The van der Waals surface area contributed by atoms with Crippen molar-refractivity contribution in [2.24, 2.45) is 11.7 Å². The third kappa shape index (κ3) is 1.36. The SMILES string of the molecule is CCC1CC1(CN)c1ccc(C)cc1. The number of aryl methyl sites for hydroxylation is 1. The molecule has 14 heavy (non-hydrogen) atoms. The Bertz CT molecular complexity index is 315. The van der Waals surface area contributed by atoms with Crippen molar-refractivity contribution in [3.8, 4) is 0 Å². The quantitative estimate of drug-likeness (QED) is 0.777. The van der Waals surface area contributed by atoms with E-state index in [4.69, 9.17) is 5.73 Å². The molecule has 1 saturated carbocycles. The first-order chi connectivity index (χ1) is 6.73. The molecular formula is C13H19N. The van der Waals surface area contributed by atoms with Gasteiger partial charge in [0, 0.05) is 12.0 Å². The summed E-state index contributed by atoms with van der Waals surface area (Å²) in [6, 6.07) is 8.88. The van der Waals surface area contributed by atoms with E-state index in [0.29, 0.717) is 5.41 Å². The first kappa shape index (κ1) is 9.72. The molecule has 0 bridgehead atoms. The summed E-state index contributed by atoms with van der Waals surface area (Å²) in [7, 11) is 0.